The van der Waals surface area contributed by atoms with Crippen LogP contribution >= 0.6 is 0 Å². The highest BCUT2D eigenvalue weighted by molar-refractivity contribution is 6.10. The monoisotopic (exact) mass is 470 g/mol. The van der Waals surface area contributed by atoms with Crippen LogP contribution in [0.1, 0.15) is 58.4 Å². The van der Waals surface area contributed by atoms with Gasteiger partial charge in [-0.2, -0.15) is 9.78 Å². The number of fused-ring (bicyclic) bond motifs is 2. The third-order valence-electron chi connectivity index (χ3n) is 6.30. The Morgan fingerprint density at radius 1 is 1.06 bits per heavy atom. The summed E-state index contributed by atoms with van der Waals surface area (Å²) in [5, 5.41) is 7.65. The number of esters is 1. The molecule has 2 heterocycles. The molecule has 0 saturated heterocycles. The summed E-state index contributed by atoms with van der Waals surface area (Å²) in [5.74, 6) is -0.503. The molecule has 0 bridgehead atoms. The van der Waals surface area contributed by atoms with Gasteiger partial charge in [-0.25, -0.2) is 14.8 Å². The van der Waals surface area contributed by atoms with Crippen LogP contribution in [-0.2, 0) is 4.74 Å². The van der Waals surface area contributed by atoms with Crippen molar-refractivity contribution in [2.75, 3.05) is 12.8 Å². The summed E-state index contributed by atoms with van der Waals surface area (Å²) in [6.07, 6.45) is 6.91. The lowest BCUT2D eigenvalue weighted by Gasteiger charge is -2.22. The van der Waals surface area contributed by atoms with Gasteiger partial charge in [0, 0.05) is 6.04 Å². The standard InChI is InChI=1S/C26H26N6O3/c1-35-26(34)17-13-11-16(12-14-17)15-28-32-23(27)21(25(33)29-18-7-3-2-4-8-18)22-24(32)31-20-10-6-5-9-19(20)30-22/h5-6,9-15,18H,2-4,7-8,27H2,1H3,(H,29,33)/b28-15+. The second-order valence-electron chi connectivity index (χ2n) is 8.62. The summed E-state index contributed by atoms with van der Waals surface area (Å²) < 4.78 is 6.18. The lowest BCUT2D eigenvalue weighted by molar-refractivity contribution is 0.0600. The maximum Gasteiger partial charge on any atom is 0.337 e. The average molecular weight is 471 g/mol. The van der Waals surface area contributed by atoms with Crippen molar-refractivity contribution in [3.8, 4) is 0 Å². The van der Waals surface area contributed by atoms with Gasteiger partial charge in [-0.05, 0) is 42.7 Å². The number of rotatable bonds is 5. The number of nitrogens with zero attached hydrogens (tertiary/aromatic N) is 4. The van der Waals surface area contributed by atoms with E-state index in [1.165, 1.54) is 18.2 Å². The molecule has 1 aliphatic rings. The summed E-state index contributed by atoms with van der Waals surface area (Å²) in [4.78, 5) is 34.4. The van der Waals surface area contributed by atoms with Crippen LogP contribution in [0, 0.1) is 0 Å². The summed E-state index contributed by atoms with van der Waals surface area (Å²) in [7, 11) is 1.34. The van der Waals surface area contributed by atoms with Gasteiger partial charge in [0.15, 0.2) is 5.65 Å². The van der Waals surface area contributed by atoms with Crippen LogP contribution in [-0.4, -0.2) is 45.9 Å². The van der Waals surface area contributed by atoms with Gasteiger partial charge in [0.1, 0.15) is 16.9 Å². The minimum atomic E-state index is -0.412. The van der Waals surface area contributed by atoms with Crippen LogP contribution in [0.25, 0.3) is 22.2 Å². The Hall–Kier alpha value is -4.27. The van der Waals surface area contributed by atoms with Crippen molar-refractivity contribution in [3.05, 3.63) is 65.2 Å². The van der Waals surface area contributed by atoms with Crippen LogP contribution in [0.4, 0.5) is 5.82 Å². The maximum absolute atomic E-state index is 13.3. The number of nitrogens with two attached hydrogens (primary N) is 1. The predicted octanol–water partition coefficient (Wildman–Crippen LogP) is 3.90. The molecular formula is C26H26N6O3. The van der Waals surface area contributed by atoms with E-state index in [4.69, 9.17) is 20.4 Å². The van der Waals surface area contributed by atoms with Gasteiger partial charge < -0.3 is 15.8 Å². The first-order valence-corrected chi connectivity index (χ1v) is 11.7. The van der Waals surface area contributed by atoms with E-state index in [0.717, 1.165) is 31.2 Å². The van der Waals surface area contributed by atoms with Crippen molar-refractivity contribution in [1.82, 2.24) is 20.0 Å². The minimum Gasteiger partial charge on any atom is -0.465 e. The molecule has 0 spiro atoms. The third kappa shape index (κ3) is 4.44. The van der Waals surface area contributed by atoms with E-state index in [9.17, 15) is 9.59 Å². The van der Waals surface area contributed by atoms with Crippen molar-refractivity contribution < 1.29 is 14.3 Å². The number of hydrogen-bond acceptors (Lipinski definition) is 7. The van der Waals surface area contributed by atoms with Crippen molar-refractivity contribution in [2.45, 2.75) is 38.1 Å². The number of hydrogen-bond donors (Lipinski definition) is 2. The summed E-state index contributed by atoms with van der Waals surface area (Å²) in [6, 6.07) is 14.4. The van der Waals surface area contributed by atoms with Gasteiger partial charge in [0.05, 0.1) is 29.9 Å². The number of para-hydroxylation sites is 2. The van der Waals surface area contributed by atoms with E-state index in [2.05, 4.69) is 10.4 Å². The minimum absolute atomic E-state index is 0.124. The molecule has 2 aromatic carbocycles. The predicted molar refractivity (Wildman–Crippen MR) is 135 cm³/mol. The zero-order valence-electron chi connectivity index (χ0n) is 19.4. The molecule has 3 N–H and O–H groups in total. The van der Waals surface area contributed by atoms with Crippen molar-refractivity contribution >= 4 is 46.1 Å². The van der Waals surface area contributed by atoms with Crippen molar-refractivity contribution in [3.63, 3.8) is 0 Å². The molecule has 9 heteroatoms. The van der Waals surface area contributed by atoms with Crippen LogP contribution < -0.4 is 11.1 Å². The number of ether oxygens (including phenoxy) is 1. The molecule has 1 fully saturated rings. The first-order valence-electron chi connectivity index (χ1n) is 11.7. The highest BCUT2D eigenvalue weighted by Crippen LogP contribution is 2.28. The highest BCUT2D eigenvalue weighted by atomic mass is 16.5. The normalized spacial score (nSPS) is 14.5. The van der Waals surface area contributed by atoms with Gasteiger partial charge >= 0.3 is 5.97 Å². The molecule has 0 unspecified atom stereocenters. The fraction of sp³-hybridized carbons (Fsp3) is 0.269. The molecule has 1 saturated carbocycles. The molecule has 35 heavy (non-hydrogen) atoms. The molecular weight excluding hydrogens is 444 g/mol. The molecule has 1 aliphatic carbocycles. The fourth-order valence-electron chi connectivity index (χ4n) is 4.44. The van der Waals surface area contributed by atoms with Gasteiger partial charge in [-0.3, -0.25) is 4.79 Å². The number of nitrogen functional groups attached to an aromatic ring is 1. The summed E-state index contributed by atoms with van der Waals surface area (Å²) in [6.45, 7) is 0. The smallest absolute Gasteiger partial charge is 0.337 e. The number of amides is 1. The van der Waals surface area contributed by atoms with E-state index in [1.54, 1.807) is 30.5 Å². The zero-order chi connectivity index (χ0) is 24.4. The largest absolute Gasteiger partial charge is 0.465 e. The average Bonchev–Trinajstić information content (AvgIpc) is 3.16. The Morgan fingerprint density at radius 3 is 2.43 bits per heavy atom. The Bertz CT molecular complexity index is 1440. The molecule has 5 rings (SSSR count). The van der Waals surface area contributed by atoms with Crippen molar-refractivity contribution in [2.24, 2.45) is 5.10 Å². The van der Waals surface area contributed by atoms with Gasteiger partial charge in [-0.1, -0.05) is 43.5 Å². The number of aromatic nitrogens is 3. The van der Waals surface area contributed by atoms with Crippen molar-refractivity contribution in [1.29, 1.82) is 0 Å². The first-order chi connectivity index (χ1) is 17.0. The number of carbonyl (C=O) groups excluding carboxylic acids is 2. The van der Waals surface area contributed by atoms with Crippen LogP contribution in [0.3, 0.4) is 0 Å². The Labute approximate surface area is 202 Å². The molecule has 178 valence electrons. The second-order valence-corrected chi connectivity index (χ2v) is 8.62. The Morgan fingerprint density at radius 2 is 1.74 bits per heavy atom. The van der Waals surface area contributed by atoms with E-state index in [1.807, 2.05) is 24.3 Å². The number of anilines is 1. The molecule has 9 nitrogen and oxygen atoms in total. The first kappa shape index (κ1) is 22.5. The number of benzene rings is 2. The maximum atomic E-state index is 13.3. The lowest BCUT2D eigenvalue weighted by atomic mass is 9.95. The molecule has 4 aromatic rings. The molecule has 0 radical (unpaired) electrons. The quantitative estimate of drug-likeness (QED) is 0.337. The van der Waals surface area contributed by atoms with E-state index < -0.39 is 5.97 Å². The Kier molecular flexibility index (Phi) is 6.13. The Balaban J connectivity index is 1.56. The highest BCUT2D eigenvalue weighted by Gasteiger charge is 2.26. The molecule has 2 aromatic heterocycles. The van der Waals surface area contributed by atoms with E-state index in [-0.39, 0.29) is 23.3 Å². The SMILES string of the molecule is COC(=O)c1ccc(/C=N/n2c(N)c(C(=O)NC3CCCCC3)c3nc4ccccc4nc32)cc1. The summed E-state index contributed by atoms with van der Waals surface area (Å²) >= 11 is 0. The molecule has 1 amide bonds. The number of nitrogens with one attached hydrogen (secondary N) is 1. The summed E-state index contributed by atoms with van der Waals surface area (Å²) in [5.41, 5.74) is 10.1. The van der Waals surface area contributed by atoms with Crippen LogP contribution in [0.5, 0.6) is 0 Å². The molecule has 0 atom stereocenters. The fourth-order valence-corrected chi connectivity index (χ4v) is 4.44. The van der Waals surface area contributed by atoms with Crippen LogP contribution in [0.15, 0.2) is 53.6 Å². The molecule has 0 aliphatic heterocycles. The van der Waals surface area contributed by atoms with E-state index >= 15 is 0 Å². The van der Waals surface area contributed by atoms with Gasteiger partial charge in [-0.15, -0.1) is 0 Å². The third-order valence-corrected chi connectivity index (χ3v) is 6.30. The zero-order valence-corrected chi connectivity index (χ0v) is 19.4. The topological polar surface area (TPSA) is 124 Å². The van der Waals surface area contributed by atoms with Gasteiger partial charge in [0.2, 0.25) is 0 Å². The van der Waals surface area contributed by atoms with Crippen LogP contribution in [0.2, 0.25) is 0 Å². The van der Waals surface area contributed by atoms with E-state index in [0.29, 0.717) is 27.8 Å². The number of methoxy groups -OCH3 is 1. The lowest BCUT2D eigenvalue weighted by Crippen LogP contribution is -2.36. The second kappa shape index (κ2) is 9.54. The number of carbonyl (C=O) groups is 2. The van der Waals surface area contributed by atoms with Gasteiger partial charge in [0.25, 0.3) is 5.91 Å².